The lowest BCUT2D eigenvalue weighted by Gasteiger charge is -2.09. The molecule has 0 aliphatic rings. The molecule has 0 unspecified atom stereocenters. The number of rotatable bonds is 1. The Morgan fingerprint density at radius 2 is 1.41 bits per heavy atom. The summed E-state index contributed by atoms with van der Waals surface area (Å²) in [5.74, 6) is -0.480. The molecular formula is C18H12N2O2. The first-order valence-electron chi connectivity index (χ1n) is 6.94. The second-order valence-electron chi connectivity index (χ2n) is 5.04. The van der Waals surface area contributed by atoms with Crippen molar-refractivity contribution in [3.63, 3.8) is 0 Å². The van der Waals surface area contributed by atoms with Crippen LogP contribution in [0.15, 0.2) is 54.7 Å². The fourth-order valence-electron chi connectivity index (χ4n) is 2.83. The average molecular weight is 288 g/mol. The van der Waals surface area contributed by atoms with E-state index in [-0.39, 0.29) is 5.69 Å². The topological polar surface area (TPSA) is 52.1 Å². The van der Waals surface area contributed by atoms with E-state index in [2.05, 4.69) is 22.1 Å². The SMILES string of the molecule is COC(=O)c1cnc2c3ccccc3c3ccccc3c2n1. The second-order valence-corrected chi connectivity index (χ2v) is 5.04. The first-order chi connectivity index (χ1) is 10.8. The van der Waals surface area contributed by atoms with Crippen molar-refractivity contribution in [3.05, 3.63) is 60.4 Å². The number of fused-ring (bicyclic) bond motifs is 6. The molecule has 0 atom stereocenters. The molecule has 22 heavy (non-hydrogen) atoms. The molecule has 1 heterocycles. The number of carbonyl (C=O) groups is 1. The molecule has 4 nitrogen and oxygen atoms in total. The largest absolute Gasteiger partial charge is 0.464 e. The molecule has 0 amide bonds. The van der Waals surface area contributed by atoms with E-state index in [9.17, 15) is 4.79 Å². The lowest BCUT2D eigenvalue weighted by molar-refractivity contribution is 0.0594. The van der Waals surface area contributed by atoms with Crippen LogP contribution in [-0.4, -0.2) is 23.0 Å². The highest BCUT2D eigenvalue weighted by Gasteiger charge is 2.14. The van der Waals surface area contributed by atoms with E-state index in [1.807, 2.05) is 36.4 Å². The number of aromatic nitrogens is 2. The van der Waals surface area contributed by atoms with Crippen LogP contribution in [0.5, 0.6) is 0 Å². The standard InChI is InChI=1S/C18H12N2O2/c1-22-18(21)15-10-19-16-13-8-4-2-6-11(13)12-7-3-5-9-14(12)17(16)20-15/h2-10H,1H3. The number of hydrogen-bond donors (Lipinski definition) is 0. The van der Waals surface area contributed by atoms with Crippen LogP contribution in [0.25, 0.3) is 32.6 Å². The zero-order valence-corrected chi connectivity index (χ0v) is 11.9. The van der Waals surface area contributed by atoms with Gasteiger partial charge in [-0.15, -0.1) is 0 Å². The maximum atomic E-state index is 11.7. The Bertz CT molecular complexity index is 1010. The Morgan fingerprint density at radius 1 is 0.864 bits per heavy atom. The van der Waals surface area contributed by atoms with Crippen LogP contribution >= 0.6 is 0 Å². The van der Waals surface area contributed by atoms with E-state index >= 15 is 0 Å². The monoisotopic (exact) mass is 288 g/mol. The van der Waals surface area contributed by atoms with Gasteiger partial charge in [0, 0.05) is 10.8 Å². The van der Waals surface area contributed by atoms with Gasteiger partial charge in [-0.2, -0.15) is 0 Å². The third kappa shape index (κ3) is 1.74. The van der Waals surface area contributed by atoms with Gasteiger partial charge in [-0.3, -0.25) is 4.98 Å². The van der Waals surface area contributed by atoms with Crippen molar-refractivity contribution in [2.75, 3.05) is 7.11 Å². The number of ether oxygens (including phenoxy) is 1. The van der Waals surface area contributed by atoms with Crippen molar-refractivity contribution in [2.45, 2.75) is 0 Å². The fraction of sp³-hybridized carbons (Fsp3) is 0.0556. The number of carbonyl (C=O) groups excluding carboxylic acids is 1. The fourth-order valence-corrected chi connectivity index (χ4v) is 2.83. The predicted octanol–water partition coefficient (Wildman–Crippen LogP) is 3.72. The van der Waals surface area contributed by atoms with Gasteiger partial charge >= 0.3 is 5.97 Å². The van der Waals surface area contributed by atoms with E-state index in [1.54, 1.807) is 0 Å². The van der Waals surface area contributed by atoms with E-state index in [0.29, 0.717) is 0 Å². The highest BCUT2D eigenvalue weighted by Crippen LogP contribution is 2.32. The van der Waals surface area contributed by atoms with Gasteiger partial charge in [-0.1, -0.05) is 48.5 Å². The molecule has 4 aromatic rings. The molecule has 3 aromatic carbocycles. The number of methoxy groups -OCH3 is 1. The molecule has 0 saturated carbocycles. The minimum Gasteiger partial charge on any atom is -0.464 e. The minimum absolute atomic E-state index is 0.218. The molecule has 0 fully saturated rings. The van der Waals surface area contributed by atoms with Gasteiger partial charge in [0.05, 0.1) is 24.3 Å². The number of esters is 1. The van der Waals surface area contributed by atoms with Crippen LogP contribution in [0, 0.1) is 0 Å². The van der Waals surface area contributed by atoms with Crippen LogP contribution in [0.2, 0.25) is 0 Å². The number of benzene rings is 3. The van der Waals surface area contributed by atoms with Gasteiger partial charge in [0.15, 0.2) is 5.69 Å². The summed E-state index contributed by atoms with van der Waals surface area (Å²) < 4.78 is 4.74. The van der Waals surface area contributed by atoms with Crippen LogP contribution < -0.4 is 0 Å². The molecule has 0 saturated heterocycles. The Balaban J connectivity index is 2.24. The molecule has 1 aromatic heterocycles. The van der Waals surface area contributed by atoms with Gasteiger partial charge in [0.1, 0.15) is 0 Å². The third-order valence-electron chi connectivity index (χ3n) is 3.82. The smallest absolute Gasteiger partial charge is 0.358 e. The van der Waals surface area contributed by atoms with Crippen molar-refractivity contribution in [2.24, 2.45) is 0 Å². The zero-order chi connectivity index (χ0) is 15.1. The van der Waals surface area contributed by atoms with Crippen molar-refractivity contribution in [1.82, 2.24) is 9.97 Å². The number of nitrogens with zero attached hydrogens (tertiary/aromatic N) is 2. The Hall–Kier alpha value is -3.01. The molecule has 0 aliphatic heterocycles. The zero-order valence-electron chi connectivity index (χ0n) is 11.9. The molecule has 0 bridgehead atoms. The maximum absolute atomic E-state index is 11.7. The van der Waals surface area contributed by atoms with Crippen molar-refractivity contribution >= 4 is 38.5 Å². The third-order valence-corrected chi connectivity index (χ3v) is 3.82. The van der Waals surface area contributed by atoms with E-state index in [0.717, 1.165) is 32.6 Å². The van der Waals surface area contributed by atoms with Crippen LogP contribution in [-0.2, 0) is 4.74 Å². The highest BCUT2D eigenvalue weighted by atomic mass is 16.5. The van der Waals surface area contributed by atoms with E-state index in [4.69, 9.17) is 4.74 Å². The first-order valence-corrected chi connectivity index (χ1v) is 6.94. The summed E-state index contributed by atoms with van der Waals surface area (Å²) in [5.41, 5.74) is 1.73. The molecule has 0 radical (unpaired) electrons. The molecule has 0 aliphatic carbocycles. The summed E-state index contributed by atoms with van der Waals surface area (Å²) in [6.45, 7) is 0. The highest BCUT2D eigenvalue weighted by molar-refractivity contribution is 6.23. The van der Waals surface area contributed by atoms with E-state index in [1.165, 1.54) is 13.3 Å². The van der Waals surface area contributed by atoms with Crippen LogP contribution in [0.4, 0.5) is 0 Å². The second kappa shape index (κ2) is 4.77. The molecule has 4 heteroatoms. The summed E-state index contributed by atoms with van der Waals surface area (Å²) in [6, 6.07) is 16.1. The van der Waals surface area contributed by atoms with Gasteiger partial charge in [0.2, 0.25) is 0 Å². The van der Waals surface area contributed by atoms with Gasteiger partial charge in [-0.25, -0.2) is 9.78 Å². The summed E-state index contributed by atoms with van der Waals surface area (Å²) in [5, 5.41) is 4.24. The molecule has 0 spiro atoms. The average Bonchev–Trinajstić information content (AvgIpc) is 2.61. The maximum Gasteiger partial charge on any atom is 0.358 e. The summed E-state index contributed by atoms with van der Waals surface area (Å²) >= 11 is 0. The quantitative estimate of drug-likeness (QED) is 0.395. The van der Waals surface area contributed by atoms with E-state index < -0.39 is 5.97 Å². The normalized spacial score (nSPS) is 11.1. The van der Waals surface area contributed by atoms with Gasteiger partial charge < -0.3 is 4.74 Å². The van der Waals surface area contributed by atoms with Gasteiger partial charge in [0.25, 0.3) is 0 Å². The summed E-state index contributed by atoms with van der Waals surface area (Å²) in [7, 11) is 1.34. The summed E-state index contributed by atoms with van der Waals surface area (Å²) in [6.07, 6.45) is 1.47. The summed E-state index contributed by atoms with van der Waals surface area (Å²) in [4.78, 5) is 20.7. The minimum atomic E-state index is -0.480. The van der Waals surface area contributed by atoms with Crippen molar-refractivity contribution < 1.29 is 9.53 Å². The number of hydrogen-bond acceptors (Lipinski definition) is 4. The Labute approximate surface area is 126 Å². The molecule has 0 N–H and O–H groups in total. The van der Waals surface area contributed by atoms with Crippen LogP contribution in [0.1, 0.15) is 10.5 Å². The Morgan fingerprint density at radius 3 is 2.00 bits per heavy atom. The lowest BCUT2D eigenvalue weighted by atomic mass is 9.99. The lowest BCUT2D eigenvalue weighted by Crippen LogP contribution is -2.05. The van der Waals surface area contributed by atoms with Gasteiger partial charge in [-0.05, 0) is 10.8 Å². The first kappa shape index (κ1) is 12.7. The molecule has 4 rings (SSSR count). The van der Waals surface area contributed by atoms with Crippen molar-refractivity contribution in [3.8, 4) is 0 Å². The van der Waals surface area contributed by atoms with Crippen molar-refractivity contribution in [1.29, 1.82) is 0 Å². The Kier molecular flexibility index (Phi) is 2.76. The van der Waals surface area contributed by atoms with Crippen LogP contribution in [0.3, 0.4) is 0 Å². The molecular weight excluding hydrogens is 276 g/mol. The predicted molar refractivity (Wildman–Crippen MR) is 85.9 cm³/mol. The molecule has 106 valence electrons.